The Labute approximate surface area is 126 Å². The Balaban J connectivity index is 1.72. The summed E-state index contributed by atoms with van der Waals surface area (Å²) < 4.78 is 10.9. The first-order valence-electron chi connectivity index (χ1n) is 6.67. The molecule has 2 heterocycles. The highest BCUT2D eigenvalue weighted by atomic mass is 32.2. The SMILES string of the molecule is CSc1ccccc1C(=O)Nc1nnc(C2CCCO2)o1. The van der Waals surface area contributed by atoms with E-state index in [9.17, 15) is 4.79 Å². The molecule has 0 aliphatic carbocycles. The second-order valence-corrected chi connectivity index (χ2v) is 5.45. The average Bonchev–Trinajstić information content (AvgIpc) is 3.17. The lowest BCUT2D eigenvalue weighted by atomic mass is 10.2. The van der Waals surface area contributed by atoms with E-state index in [1.54, 1.807) is 6.07 Å². The van der Waals surface area contributed by atoms with Crippen LogP contribution in [0.2, 0.25) is 0 Å². The van der Waals surface area contributed by atoms with Crippen molar-refractivity contribution in [3.05, 3.63) is 35.7 Å². The maximum atomic E-state index is 12.2. The molecule has 1 aromatic heterocycles. The molecule has 1 unspecified atom stereocenters. The van der Waals surface area contributed by atoms with Gasteiger partial charge in [-0.25, -0.2) is 0 Å². The number of anilines is 1. The van der Waals surface area contributed by atoms with E-state index in [2.05, 4.69) is 15.5 Å². The van der Waals surface area contributed by atoms with Crippen LogP contribution in [-0.2, 0) is 4.74 Å². The summed E-state index contributed by atoms with van der Waals surface area (Å²) in [5.41, 5.74) is 0.585. The van der Waals surface area contributed by atoms with E-state index in [0.29, 0.717) is 18.1 Å². The number of aromatic nitrogens is 2. The van der Waals surface area contributed by atoms with E-state index in [1.165, 1.54) is 11.8 Å². The molecular formula is C14H15N3O3S. The number of hydrogen-bond donors (Lipinski definition) is 1. The van der Waals surface area contributed by atoms with Gasteiger partial charge in [-0.05, 0) is 31.2 Å². The zero-order valence-electron chi connectivity index (χ0n) is 11.5. The van der Waals surface area contributed by atoms with Crippen molar-refractivity contribution in [3.63, 3.8) is 0 Å². The summed E-state index contributed by atoms with van der Waals surface area (Å²) >= 11 is 1.51. The van der Waals surface area contributed by atoms with E-state index in [0.717, 1.165) is 17.7 Å². The number of amides is 1. The molecule has 1 aliphatic heterocycles. The first-order chi connectivity index (χ1) is 10.3. The van der Waals surface area contributed by atoms with E-state index in [4.69, 9.17) is 9.15 Å². The number of benzene rings is 1. The van der Waals surface area contributed by atoms with Gasteiger partial charge in [0.05, 0.1) is 5.56 Å². The van der Waals surface area contributed by atoms with E-state index in [1.807, 2.05) is 24.5 Å². The van der Waals surface area contributed by atoms with Gasteiger partial charge in [-0.3, -0.25) is 10.1 Å². The van der Waals surface area contributed by atoms with Crippen LogP contribution in [0.3, 0.4) is 0 Å². The number of carbonyl (C=O) groups is 1. The number of hydrogen-bond acceptors (Lipinski definition) is 6. The molecule has 1 aromatic carbocycles. The largest absolute Gasteiger partial charge is 0.405 e. The fourth-order valence-electron chi connectivity index (χ4n) is 2.18. The number of ether oxygens (including phenoxy) is 1. The van der Waals surface area contributed by atoms with Crippen molar-refractivity contribution in [1.29, 1.82) is 0 Å². The normalized spacial score (nSPS) is 17.9. The van der Waals surface area contributed by atoms with Crippen molar-refractivity contribution in [2.75, 3.05) is 18.2 Å². The van der Waals surface area contributed by atoms with E-state index < -0.39 is 0 Å². The second kappa shape index (κ2) is 6.28. The zero-order valence-corrected chi connectivity index (χ0v) is 12.4. The molecule has 21 heavy (non-hydrogen) atoms. The fourth-order valence-corrected chi connectivity index (χ4v) is 2.78. The van der Waals surface area contributed by atoms with E-state index >= 15 is 0 Å². The van der Waals surface area contributed by atoms with Crippen LogP contribution in [0, 0.1) is 0 Å². The molecule has 1 atom stereocenters. The molecule has 1 aliphatic rings. The van der Waals surface area contributed by atoms with Gasteiger partial charge in [-0.1, -0.05) is 17.2 Å². The van der Waals surface area contributed by atoms with Crippen molar-refractivity contribution >= 4 is 23.7 Å². The van der Waals surface area contributed by atoms with Crippen LogP contribution in [0.15, 0.2) is 33.6 Å². The maximum absolute atomic E-state index is 12.2. The molecule has 0 spiro atoms. The lowest BCUT2D eigenvalue weighted by Crippen LogP contribution is -2.13. The van der Waals surface area contributed by atoms with Crippen molar-refractivity contribution in [1.82, 2.24) is 10.2 Å². The topological polar surface area (TPSA) is 77.2 Å². The number of nitrogens with one attached hydrogen (secondary N) is 1. The first kappa shape index (κ1) is 14.1. The van der Waals surface area contributed by atoms with Crippen molar-refractivity contribution in [2.24, 2.45) is 0 Å². The Kier molecular flexibility index (Phi) is 4.21. The standard InChI is InChI=1S/C14H15N3O3S/c1-21-11-7-3-2-5-9(11)12(18)15-14-17-16-13(20-14)10-6-4-8-19-10/h2-3,5,7,10H,4,6,8H2,1H3,(H,15,17,18). The van der Waals surface area contributed by atoms with Gasteiger partial charge >= 0.3 is 6.01 Å². The molecule has 110 valence electrons. The quantitative estimate of drug-likeness (QED) is 0.875. The monoisotopic (exact) mass is 305 g/mol. The number of nitrogens with zero attached hydrogens (tertiary/aromatic N) is 2. The highest BCUT2D eigenvalue weighted by molar-refractivity contribution is 7.98. The summed E-state index contributed by atoms with van der Waals surface area (Å²) in [4.78, 5) is 13.1. The highest BCUT2D eigenvalue weighted by Crippen LogP contribution is 2.28. The third-order valence-corrected chi connectivity index (χ3v) is 4.01. The second-order valence-electron chi connectivity index (χ2n) is 4.60. The van der Waals surface area contributed by atoms with Crippen LogP contribution >= 0.6 is 11.8 Å². The number of rotatable bonds is 4. The summed E-state index contributed by atoms with van der Waals surface area (Å²) in [6.07, 6.45) is 3.62. The Morgan fingerprint density at radius 2 is 2.24 bits per heavy atom. The van der Waals surface area contributed by atoms with E-state index in [-0.39, 0.29) is 18.0 Å². The van der Waals surface area contributed by atoms with Gasteiger partial charge in [0.15, 0.2) is 0 Å². The lowest BCUT2D eigenvalue weighted by molar-refractivity contribution is 0.0893. The van der Waals surface area contributed by atoms with Crippen LogP contribution in [0.1, 0.15) is 35.2 Å². The molecule has 2 aromatic rings. The van der Waals surface area contributed by atoms with Gasteiger partial charge < -0.3 is 9.15 Å². The molecule has 1 fully saturated rings. The first-order valence-corrected chi connectivity index (χ1v) is 7.90. The molecule has 0 bridgehead atoms. The Morgan fingerprint density at radius 3 is 3.00 bits per heavy atom. The van der Waals surface area contributed by atoms with Gasteiger partial charge in [0.25, 0.3) is 5.91 Å². The molecule has 0 radical (unpaired) electrons. The smallest absolute Gasteiger partial charge is 0.322 e. The summed E-state index contributed by atoms with van der Waals surface area (Å²) in [6, 6.07) is 7.47. The van der Waals surface area contributed by atoms with Crippen LogP contribution in [0.25, 0.3) is 0 Å². The third kappa shape index (κ3) is 3.08. The minimum Gasteiger partial charge on any atom is -0.405 e. The van der Waals surface area contributed by atoms with Gasteiger partial charge in [-0.2, -0.15) is 0 Å². The van der Waals surface area contributed by atoms with Crippen LogP contribution in [0.4, 0.5) is 6.01 Å². The predicted molar refractivity (Wildman–Crippen MR) is 78.4 cm³/mol. The molecular weight excluding hydrogens is 290 g/mol. The minimum absolute atomic E-state index is 0.0985. The minimum atomic E-state index is -0.262. The fraction of sp³-hybridized carbons (Fsp3) is 0.357. The Bertz CT molecular complexity index is 638. The van der Waals surface area contributed by atoms with Gasteiger partial charge in [0.2, 0.25) is 5.89 Å². The van der Waals surface area contributed by atoms with Crippen LogP contribution in [-0.4, -0.2) is 29.0 Å². The molecule has 3 rings (SSSR count). The van der Waals surface area contributed by atoms with Gasteiger partial charge in [-0.15, -0.1) is 16.9 Å². The molecule has 6 nitrogen and oxygen atoms in total. The predicted octanol–water partition coefficient (Wildman–Crippen LogP) is 2.90. The molecule has 1 saturated heterocycles. The zero-order chi connectivity index (χ0) is 14.7. The lowest BCUT2D eigenvalue weighted by Gasteiger charge is -2.05. The van der Waals surface area contributed by atoms with Crippen molar-refractivity contribution < 1.29 is 13.9 Å². The summed E-state index contributed by atoms with van der Waals surface area (Å²) in [5.74, 6) is 0.156. The molecule has 7 heteroatoms. The Morgan fingerprint density at radius 1 is 1.38 bits per heavy atom. The van der Waals surface area contributed by atoms with Gasteiger partial charge in [0.1, 0.15) is 6.10 Å². The highest BCUT2D eigenvalue weighted by Gasteiger charge is 2.24. The third-order valence-electron chi connectivity index (χ3n) is 3.22. The van der Waals surface area contributed by atoms with Crippen LogP contribution in [0.5, 0.6) is 0 Å². The summed E-state index contributed by atoms with van der Waals surface area (Å²) in [5, 5.41) is 10.4. The summed E-state index contributed by atoms with van der Waals surface area (Å²) in [6.45, 7) is 0.704. The maximum Gasteiger partial charge on any atom is 0.322 e. The molecule has 1 amide bonds. The van der Waals surface area contributed by atoms with Crippen molar-refractivity contribution in [3.8, 4) is 0 Å². The number of carbonyl (C=O) groups excluding carboxylic acids is 1. The molecule has 0 saturated carbocycles. The average molecular weight is 305 g/mol. The Hall–Kier alpha value is -1.86. The van der Waals surface area contributed by atoms with Crippen LogP contribution < -0.4 is 5.32 Å². The number of thioether (sulfide) groups is 1. The molecule has 1 N–H and O–H groups in total. The van der Waals surface area contributed by atoms with Gasteiger partial charge in [0, 0.05) is 11.5 Å². The van der Waals surface area contributed by atoms with Crippen molar-refractivity contribution in [2.45, 2.75) is 23.8 Å². The summed E-state index contributed by atoms with van der Waals surface area (Å²) in [7, 11) is 0.